The summed E-state index contributed by atoms with van der Waals surface area (Å²) in [6, 6.07) is 0.0522. The highest BCUT2D eigenvalue weighted by atomic mass is 16.2. The monoisotopic (exact) mass is 139 g/mol. The lowest BCUT2D eigenvalue weighted by atomic mass is 9.99. The summed E-state index contributed by atoms with van der Waals surface area (Å²) >= 11 is 0. The van der Waals surface area contributed by atoms with E-state index < -0.39 is 0 Å². The van der Waals surface area contributed by atoms with Gasteiger partial charge in [0.1, 0.15) is 0 Å². The van der Waals surface area contributed by atoms with Gasteiger partial charge >= 0.3 is 0 Å². The summed E-state index contributed by atoms with van der Waals surface area (Å²) in [6.45, 7) is 3.28. The molecule has 0 bridgehead atoms. The van der Waals surface area contributed by atoms with Crippen molar-refractivity contribution in [1.82, 2.24) is 5.32 Å². The van der Waals surface area contributed by atoms with Crippen LogP contribution in [0.4, 0.5) is 0 Å². The standard InChI is InChI=1S/C7H9NO2/c1-4(9)3-6-5(2)8-7(6)10/h3,5H,1-2H3,(H,8,10)/b6-3-. The van der Waals surface area contributed by atoms with Crippen LogP contribution in [-0.4, -0.2) is 17.7 Å². The Morgan fingerprint density at radius 3 is 2.50 bits per heavy atom. The number of β-lactam (4-membered cyclic amide) rings is 1. The van der Waals surface area contributed by atoms with Crippen molar-refractivity contribution in [3.63, 3.8) is 0 Å². The number of allylic oxidation sites excluding steroid dienone is 1. The zero-order chi connectivity index (χ0) is 7.72. The average Bonchev–Trinajstić information content (AvgIpc) is 1.84. The molecule has 1 unspecified atom stereocenters. The van der Waals surface area contributed by atoms with Crippen LogP contribution in [0.1, 0.15) is 13.8 Å². The molecule has 0 aromatic carbocycles. The average molecular weight is 139 g/mol. The molecule has 0 aliphatic carbocycles. The molecule has 1 heterocycles. The zero-order valence-electron chi connectivity index (χ0n) is 5.97. The van der Waals surface area contributed by atoms with Crippen LogP contribution in [-0.2, 0) is 9.59 Å². The SMILES string of the molecule is CC(=O)/C=C1\C(=O)NC1C. The molecule has 1 atom stereocenters. The normalized spacial score (nSPS) is 27.6. The maximum absolute atomic E-state index is 10.6. The maximum atomic E-state index is 10.6. The first-order chi connectivity index (χ1) is 4.61. The fraction of sp³-hybridized carbons (Fsp3) is 0.429. The highest BCUT2D eigenvalue weighted by Crippen LogP contribution is 2.11. The van der Waals surface area contributed by atoms with Crippen LogP contribution in [0.15, 0.2) is 11.6 Å². The molecule has 1 fully saturated rings. The fourth-order valence-electron chi connectivity index (χ4n) is 0.886. The molecule has 0 aromatic rings. The number of hydrogen-bond donors (Lipinski definition) is 1. The summed E-state index contributed by atoms with van der Waals surface area (Å²) in [7, 11) is 0. The van der Waals surface area contributed by atoms with Crippen LogP contribution in [0, 0.1) is 0 Å². The summed E-state index contributed by atoms with van der Waals surface area (Å²) in [5, 5.41) is 2.60. The third kappa shape index (κ3) is 1.07. The number of amides is 1. The summed E-state index contributed by atoms with van der Waals surface area (Å²) in [5.41, 5.74) is 0.590. The number of nitrogens with one attached hydrogen (secondary N) is 1. The van der Waals surface area contributed by atoms with Gasteiger partial charge in [-0.25, -0.2) is 0 Å². The van der Waals surface area contributed by atoms with Gasteiger partial charge in [0.05, 0.1) is 6.04 Å². The van der Waals surface area contributed by atoms with Gasteiger partial charge < -0.3 is 5.32 Å². The van der Waals surface area contributed by atoms with Gasteiger partial charge in [0.15, 0.2) is 5.78 Å². The Balaban J connectivity index is 2.72. The lowest BCUT2D eigenvalue weighted by Crippen LogP contribution is -2.49. The third-order valence-corrected chi connectivity index (χ3v) is 1.44. The minimum atomic E-state index is -0.122. The Kier molecular flexibility index (Phi) is 1.57. The van der Waals surface area contributed by atoms with Crippen LogP contribution in [0.3, 0.4) is 0 Å². The lowest BCUT2D eigenvalue weighted by Gasteiger charge is -2.26. The summed E-state index contributed by atoms with van der Waals surface area (Å²) < 4.78 is 0. The summed E-state index contributed by atoms with van der Waals surface area (Å²) in [4.78, 5) is 21.1. The van der Waals surface area contributed by atoms with E-state index in [0.717, 1.165) is 0 Å². The van der Waals surface area contributed by atoms with Crippen LogP contribution >= 0.6 is 0 Å². The van der Waals surface area contributed by atoms with Crippen LogP contribution < -0.4 is 5.32 Å². The van der Waals surface area contributed by atoms with E-state index in [1.807, 2.05) is 6.92 Å². The lowest BCUT2D eigenvalue weighted by molar-refractivity contribution is -0.122. The van der Waals surface area contributed by atoms with Gasteiger partial charge in [-0.15, -0.1) is 0 Å². The van der Waals surface area contributed by atoms with E-state index in [4.69, 9.17) is 0 Å². The number of carbonyl (C=O) groups is 2. The Bertz CT molecular complexity index is 218. The molecule has 0 saturated carbocycles. The number of carbonyl (C=O) groups excluding carboxylic acids is 2. The van der Waals surface area contributed by atoms with Crippen molar-refractivity contribution in [3.05, 3.63) is 11.6 Å². The first kappa shape index (κ1) is 6.99. The van der Waals surface area contributed by atoms with Crippen molar-refractivity contribution in [2.24, 2.45) is 0 Å². The van der Waals surface area contributed by atoms with Crippen molar-refractivity contribution >= 4 is 11.7 Å². The number of rotatable bonds is 1. The molecule has 1 rings (SSSR count). The minimum Gasteiger partial charge on any atom is -0.346 e. The molecule has 1 amide bonds. The fourth-order valence-corrected chi connectivity index (χ4v) is 0.886. The highest BCUT2D eigenvalue weighted by Gasteiger charge is 2.28. The van der Waals surface area contributed by atoms with Gasteiger partial charge in [-0.3, -0.25) is 9.59 Å². The first-order valence-corrected chi connectivity index (χ1v) is 3.14. The molecule has 0 spiro atoms. The van der Waals surface area contributed by atoms with E-state index in [2.05, 4.69) is 5.32 Å². The Morgan fingerprint density at radius 2 is 2.30 bits per heavy atom. The topological polar surface area (TPSA) is 46.2 Å². The van der Waals surface area contributed by atoms with E-state index in [0.29, 0.717) is 5.57 Å². The number of ketones is 1. The van der Waals surface area contributed by atoms with E-state index in [9.17, 15) is 9.59 Å². The van der Waals surface area contributed by atoms with Crippen molar-refractivity contribution in [2.75, 3.05) is 0 Å². The van der Waals surface area contributed by atoms with E-state index >= 15 is 0 Å². The largest absolute Gasteiger partial charge is 0.346 e. The van der Waals surface area contributed by atoms with E-state index in [-0.39, 0.29) is 17.7 Å². The molecule has 1 N–H and O–H groups in total. The van der Waals surface area contributed by atoms with Gasteiger partial charge in [-0.2, -0.15) is 0 Å². The van der Waals surface area contributed by atoms with Crippen molar-refractivity contribution in [3.8, 4) is 0 Å². The number of hydrogen-bond acceptors (Lipinski definition) is 2. The predicted molar refractivity (Wildman–Crippen MR) is 36.4 cm³/mol. The molecular weight excluding hydrogens is 130 g/mol. The van der Waals surface area contributed by atoms with Crippen LogP contribution in [0.2, 0.25) is 0 Å². The Labute approximate surface area is 59.1 Å². The minimum absolute atomic E-state index is 0.0522. The van der Waals surface area contributed by atoms with Gasteiger partial charge in [-0.05, 0) is 19.9 Å². The molecule has 0 aromatic heterocycles. The Hall–Kier alpha value is -1.12. The van der Waals surface area contributed by atoms with Crippen molar-refractivity contribution in [2.45, 2.75) is 19.9 Å². The third-order valence-electron chi connectivity index (χ3n) is 1.44. The predicted octanol–water partition coefficient (Wildman–Crippen LogP) is 0.0201. The van der Waals surface area contributed by atoms with E-state index in [1.165, 1.54) is 13.0 Å². The second-order valence-corrected chi connectivity index (χ2v) is 2.41. The molecule has 1 aliphatic rings. The molecule has 0 radical (unpaired) electrons. The smallest absolute Gasteiger partial charge is 0.249 e. The van der Waals surface area contributed by atoms with Crippen LogP contribution in [0.5, 0.6) is 0 Å². The summed E-state index contributed by atoms with van der Waals surface area (Å²) in [5.74, 6) is -0.195. The first-order valence-electron chi connectivity index (χ1n) is 3.14. The molecular formula is C7H9NO2. The summed E-state index contributed by atoms with van der Waals surface area (Å²) in [6.07, 6.45) is 1.38. The molecule has 1 saturated heterocycles. The molecule has 10 heavy (non-hydrogen) atoms. The molecule has 1 aliphatic heterocycles. The maximum Gasteiger partial charge on any atom is 0.249 e. The van der Waals surface area contributed by atoms with Crippen molar-refractivity contribution < 1.29 is 9.59 Å². The van der Waals surface area contributed by atoms with Crippen LogP contribution in [0.25, 0.3) is 0 Å². The Morgan fingerprint density at radius 1 is 1.70 bits per heavy atom. The zero-order valence-corrected chi connectivity index (χ0v) is 5.97. The van der Waals surface area contributed by atoms with Gasteiger partial charge in [0, 0.05) is 5.57 Å². The molecule has 54 valence electrons. The second-order valence-electron chi connectivity index (χ2n) is 2.41. The van der Waals surface area contributed by atoms with Gasteiger partial charge in [-0.1, -0.05) is 0 Å². The molecule has 3 heteroatoms. The highest BCUT2D eigenvalue weighted by molar-refractivity contribution is 6.06. The van der Waals surface area contributed by atoms with Gasteiger partial charge in [0.25, 0.3) is 0 Å². The van der Waals surface area contributed by atoms with Crippen molar-refractivity contribution in [1.29, 1.82) is 0 Å². The van der Waals surface area contributed by atoms with E-state index in [1.54, 1.807) is 0 Å². The molecule has 3 nitrogen and oxygen atoms in total. The quantitative estimate of drug-likeness (QED) is 0.411. The second kappa shape index (κ2) is 2.25. The van der Waals surface area contributed by atoms with Gasteiger partial charge in [0.2, 0.25) is 5.91 Å².